The van der Waals surface area contributed by atoms with Crippen LogP contribution in [-0.2, 0) is 9.59 Å². The second kappa shape index (κ2) is 9.50. The summed E-state index contributed by atoms with van der Waals surface area (Å²) in [6.45, 7) is 2.86. The zero-order chi connectivity index (χ0) is 20.1. The molecular formula is C22H30N2O3S. The van der Waals surface area contributed by atoms with Crippen molar-refractivity contribution in [1.29, 1.82) is 0 Å². The van der Waals surface area contributed by atoms with Crippen LogP contribution < -0.4 is 10.1 Å². The molecule has 152 valence electrons. The van der Waals surface area contributed by atoms with E-state index in [1.807, 2.05) is 42.3 Å². The van der Waals surface area contributed by atoms with Crippen LogP contribution in [0.25, 0.3) is 6.08 Å². The van der Waals surface area contributed by atoms with E-state index < -0.39 is 0 Å². The molecule has 3 unspecified atom stereocenters. The number of hydrogen-bond donors (Lipinski definition) is 1. The van der Waals surface area contributed by atoms with Crippen LogP contribution in [0.15, 0.2) is 29.2 Å². The Morgan fingerprint density at radius 1 is 1.36 bits per heavy atom. The number of ether oxygens (including phenoxy) is 1. The SMILES string of the molecule is CCCCNC(=O)C1CCC2S/C(=C/c3ccccc3OC)C(=O)N(C)C2C1. The number of unbranched alkanes of at least 4 members (excludes halogenated alkanes) is 1. The van der Waals surface area contributed by atoms with E-state index in [1.54, 1.807) is 18.9 Å². The topological polar surface area (TPSA) is 58.6 Å². The number of hydrogen-bond acceptors (Lipinski definition) is 4. The number of benzene rings is 1. The van der Waals surface area contributed by atoms with Crippen LogP contribution in [0.5, 0.6) is 5.75 Å². The lowest BCUT2D eigenvalue weighted by atomic mass is 9.83. The molecule has 1 saturated carbocycles. The van der Waals surface area contributed by atoms with E-state index in [9.17, 15) is 9.59 Å². The molecule has 1 N–H and O–H groups in total. The van der Waals surface area contributed by atoms with Crippen molar-refractivity contribution in [3.8, 4) is 5.75 Å². The van der Waals surface area contributed by atoms with E-state index in [4.69, 9.17) is 4.74 Å². The molecule has 0 radical (unpaired) electrons. The van der Waals surface area contributed by atoms with E-state index in [-0.39, 0.29) is 23.8 Å². The first kappa shape index (κ1) is 20.8. The van der Waals surface area contributed by atoms with Gasteiger partial charge in [-0.2, -0.15) is 0 Å². The number of amides is 2. The molecule has 2 aliphatic rings. The molecule has 28 heavy (non-hydrogen) atoms. The predicted octanol–water partition coefficient (Wildman–Crippen LogP) is 3.69. The van der Waals surface area contributed by atoms with Gasteiger partial charge in [0.1, 0.15) is 5.75 Å². The van der Waals surface area contributed by atoms with Crippen molar-refractivity contribution in [1.82, 2.24) is 10.2 Å². The first-order valence-electron chi connectivity index (χ1n) is 10.1. The number of carbonyl (C=O) groups excluding carboxylic acids is 2. The van der Waals surface area contributed by atoms with Crippen molar-refractivity contribution in [3.05, 3.63) is 34.7 Å². The highest BCUT2D eigenvalue weighted by molar-refractivity contribution is 8.04. The summed E-state index contributed by atoms with van der Waals surface area (Å²) in [5, 5.41) is 3.39. The zero-order valence-electron chi connectivity index (χ0n) is 16.9. The number of fused-ring (bicyclic) bond motifs is 1. The molecule has 2 fully saturated rings. The molecule has 1 aliphatic carbocycles. The number of nitrogens with zero attached hydrogens (tertiary/aromatic N) is 1. The maximum Gasteiger partial charge on any atom is 0.260 e. The molecule has 1 aromatic carbocycles. The first-order chi connectivity index (χ1) is 13.5. The van der Waals surface area contributed by atoms with Gasteiger partial charge in [0.2, 0.25) is 5.91 Å². The van der Waals surface area contributed by atoms with Gasteiger partial charge in [0, 0.05) is 36.4 Å². The molecule has 0 bridgehead atoms. The van der Waals surface area contributed by atoms with E-state index in [2.05, 4.69) is 12.2 Å². The standard InChI is InChI=1S/C22H30N2O3S/c1-4-5-12-23-21(25)16-10-11-19-17(13-16)24(2)22(26)20(28-19)14-15-8-6-7-9-18(15)27-3/h6-9,14,16-17,19H,4-5,10-13H2,1-3H3,(H,23,25)/b20-14+. The second-order valence-electron chi connectivity index (χ2n) is 7.54. The van der Waals surface area contributed by atoms with Crippen molar-refractivity contribution >= 4 is 29.7 Å². The fourth-order valence-corrected chi connectivity index (χ4v) is 5.47. The van der Waals surface area contributed by atoms with Crippen molar-refractivity contribution in [3.63, 3.8) is 0 Å². The average molecular weight is 403 g/mol. The van der Waals surface area contributed by atoms with Gasteiger partial charge < -0.3 is 15.0 Å². The van der Waals surface area contributed by atoms with Gasteiger partial charge >= 0.3 is 0 Å². The monoisotopic (exact) mass is 402 g/mol. The second-order valence-corrected chi connectivity index (χ2v) is 8.83. The third-order valence-electron chi connectivity index (χ3n) is 5.69. The van der Waals surface area contributed by atoms with Crippen LogP contribution in [0.4, 0.5) is 0 Å². The van der Waals surface area contributed by atoms with Gasteiger partial charge in [-0.1, -0.05) is 31.5 Å². The van der Waals surface area contributed by atoms with Crippen LogP contribution in [0.1, 0.15) is 44.6 Å². The Kier molecular flexibility index (Phi) is 7.05. The number of thioether (sulfide) groups is 1. The molecule has 1 saturated heterocycles. The lowest BCUT2D eigenvalue weighted by Crippen LogP contribution is -2.52. The van der Waals surface area contributed by atoms with Gasteiger partial charge in [0.25, 0.3) is 5.91 Å². The van der Waals surface area contributed by atoms with Crippen LogP contribution >= 0.6 is 11.8 Å². The Bertz CT molecular complexity index is 749. The minimum absolute atomic E-state index is 0.00806. The largest absolute Gasteiger partial charge is 0.496 e. The van der Waals surface area contributed by atoms with Crippen LogP contribution in [0, 0.1) is 5.92 Å². The summed E-state index contributed by atoms with van der Waals surface area (Å²) in [4.78, 5) is 28.0. The molecule has 1 heterocycles. The Hall–Kier alpha value is -1.95. The molecule has 0 spiro atoms. The summed E-state index contributed by atoms with van der Waals surface area (Å²) in [5.41, 5.74) is 0.914. The van der Waals surface area contributed by atoms with Gasteiger partial charge in [-0.15, -0.1) is 11.8 Å². The molecular weight excluding hydrogens is 372 g/mol. The molecule has 1 aromatic rings. The highest BCUT2D eigenvalue weighted by Crippen LogP contribution is 2.43. The normalized spacial score (nSPS) is 26.1. The summed E-state index contributed by atoms with van der Waals surface area (Å²) >= 11 is 1.66. The smallest absolute Gasteiger partial charge is 0.260 e. The number of rotatable bonds is 6. The van der Waals surface area contributed by atoms with Gasteiger partial charge in [-0.3, -0.25) is 9.59 Å². The van der Waals surface area contributed by atoms with E-state index in [0.717, 1.165) is 54.9 Å². The molecule has 3 rings (SSSR count). The Morgan fingerprint density at radius 3 is 2.89 bits per heavy atom. The van der Waals surface area contributed by atoms with Crippen LogP contribution in [0.3, 0.4) is 0 Å². The summed E-state index contributed by atoms with van der Waals surface area (Å²) in [5.74, 6) is 0.951. The van der Waals surface area contributed by atoms with Crippen molar-refractivity contribution in [2.75, 3.05) is 20.7 Å². The van der Waals surface area contributed by atoms with Gasteiger partial charge in [0.15, 0.2) is 0 Å². The zero-order valence-corrected chi connectivity index (χ0v) is 17.8. The first-order valence-corrected chi connectivity index (χ1v) is 11.0. The lowest BCUT2D eigenvalue weighted by Gasteiger charge is -2.44. The summed E-state index contributed by atoms with van der Waals surface area (Å²) in [6.07, 6.45) is 6.60. The highest BCUT2D eigenvalue weighted by Gasteiger charge is 2.42. The Balaban J connectivity index is 1.70. The highest BCUT2D eigenvalue weighted by atomic mass is 32.2. The predicted molar refractivity (Wildman–Crippen MR) is 114 cm³/mol. The fraction of sp³-hybridized carbons (Fsp3) is 0.545. The Morgan fingerprint density at radius 2 is 2.14 bits per heavy atom. The molecule has 3 atom stereocenters. The van der Waals surface area contributed by atoms with Crippen LogP contribution in [0.2, 0.25) is 0 Å². The van der Waals surface area contributed by atoms with Gasteiger partial charge in [-0.05, 0) is 37.8 Å². The molecule has 1 aliphatic heterocycles. The third kappa shape index (κ3) is 4.54. The van der Waals surface area contributed by atoms with E-state index >= 15 is 0 Å². The fourth-order valence-electron chi connectivity index (χ4n) is 4.00. The van der Waals surface area contributed by atoms with E-state index in [1.165, 1.54) is 0 Å². The van der Waals surface area contributed by atoms with Gasteiger partial charge in [0.05, 0.1) is 12.0 Å². The summed E-state index contributed by atoms with van der Waals surface area (Å²) in [6, 6.07) is 7.85. The lowest BCUT2D eigenvalue weighted by molar-refractivity contribution is -0.131. The minimum Gasteiger partial charge on any atom is -0.496 e. The Labute approximate surface area is 171 Å². The molecule has 5 nitrogen and oxygen atoms in total. The number of likely N-dealkylation sites (N-methyl/N-ethyl adjacent to an activating group) is 1. The maximum atomic E-state index is 13.0. The summed E-state index contributed by atoms with van der Waals surface area (Å²) < 4.78 is 5.41. The van der Waals surface area contributed by atoms with Crippen molar-refractivity contribution in [2.45, 2.75) is 50.3 Å². The molecule has 6 heteroatoms. The maximum absolute atomic E-state index is 13.0. The third-order valence-corrected chi connectivity index (χ3v) is 7.09. The molecule has 0 aromatic heterocycles. The molecule has 2 amide bonds. The average Bonchev–Trinajstić information content (AvgIpc) is 2.72. The van der Waals surface area contributed by atoms with Crippen LogP contribution in [-0.4, -0.2) is 48.7 Å². The number of nitrogens with one attached hydrogen (secondary N) is 1. The number of carbonyl (C=O) groups is 2. The summed E-state index contributed by atoms with van der Waals surface area (Å²) in [7, 11) is 3.51. The minimum atomic E-state index is 0.00806. The number of para-hydroxylation sites is 1. The van der Waals surface area contributed by atoms with Crippen molar-refractivity contribution < 1.29 is 14.3 Å². The quantitative estimate of drug-likeness (QED) is 0.582. The van der Waals surface area contributed by atoms with Gasteiger partial charge in [-0.25, -0.2) is 0 Å². The van der Waals surface area contributed by atoms with E-state index in [0.29, 0.717) is 5.25 Å². The van der Waals surface area contributed by atoms with Crippen molar-refractivity contribution in [2.24, 2.45) is 5.92 Å². The number of methoxy groups -OCH3 is 1.